The number of alkyl halides is 3. The van der Waals surface area contributed by atoms with E-state index in [9.17, 15) is 31.1 Å². The van der Waals surface area contributed by atoms with Crippen molar-refractivity contribution in [3.8, 4) is 17.3 Å². The first-order valence-corrected chi connectivity index (χ1v) is 10.7. The molecule has 0 unspecified atom stereocenters. The Morgan fingerprint density at radius 3 is 2.38 bits per heavy atom. The molecule has 0 radical (unpaired) electrons. The Bertz CT molecular complexity index is 1280. The van der Waals surface area contributed by atoms with Crippen molar-refractivity contribution in [1.82, 2.24) is 24.4 Å². The van der Waals surface area contributed by atoms with Crippen molar-refractivity contribution >= 4 is 18.3 Å². The third-order valence-electron chi connectivity index (χ3n) is 5.71. The van der Waals surface area contributed by atoms with Gasteiger partial charge in [-0.15, -0.1) is 12.4 Å². The van der Waals surface area contributed by atoms with E-state index >= 15 is 0 Å². The van der Waals surface area contributed by atoms with E-state index in [0.29, 0.717) is 12.1 Å². The fourth-order valence-electron chi connectivity index (χ4n) is 4.00. The van der Waals surface area contributed by atoms with Gasteiger partial charge in [0.15, 0.2) is 11.6 Å². The maximum Gasteiger partial charge on any atom is 0.449 e. The van der Waals surface area contributed by atoms with E-state index < -0.39 is 41.4 Å². The monoisotopic (exact) mass is 550 g/mol. The molecule has 0 fully saturated rings. The molecule has 4 rings (SSSR count). The van der Waals surface area contributed by atoms with Gasteiger partial charge in [-0.1, -0.05) is 0 Å². The highest BCUT2D eigenvalue weighted by Gasteiger charge is 2.41. The summed E-state index contributed by atoms with van der Waals surface area (Å²) in [5, 5.41) is 0. The smallest absolute Gasteiger partial charge is 0.449 e. The van der Waals surface area contributed by atoms with E-state index in [1.54, 1.807) is 0 Å². The summed E-state index contributed by atoms with van der Waals surface area (Å²) in [6, 6.07) is 0.152. The van der Waals surface area contributed by atoms with Gasteiger partial charge in [-0.3, -0.25) is 4.79 Å². The maximum absolute atomic E-state index is 13.9. The fourth-order valence-corrected chi connectivity index (χ4v) is 4.00. The van der Waals surface area contributed by atoms with Gasteiger partial charge >= 0.3 is 12.2 Å². The Hall–Kier alpha value is -3.39. The summed E-state index contributed by atoms with van der Waals surface area (Å²) < 4.78 is 87.3. The fraction of sp³-hybridized carbons (Fsp3) is 0.364. The van der Waals surface area contributed by atoms with Gasteiger partial charge < -0.3 is 19.9 Å². The zero-order valence-corrected chi connectivity index (χ0v) is 20.0. The molecular formula is C22H21ClF6N6O2. The standard InChI is InChI=1S/C22H20F6N6O2.ClH/c1-36-21-30-8-12(9-31-21)19-17-10-33(2-3-34(17)20(32-19)22(26,27)28)18(35)6-13(29)4-11-5-15(24)16(25)7-14(11)23;/h5,7-9,13H,2-4,6,10,29H2,1H3;1H/t13-;/m1./s1. The number of rotatable bonds is 6. The predicted octanol–water partition coefficient (Wildman–Crippen LogP) is 3.51. The van der Waals surface area contributed by atoms with Gasteiger partial charge in [0, 0.05) is 49.6 Å². The summed E-state index contributed by atoms with van der Waals surface area (Å²) in [5.41, 5.74) is 6.06. The molecule has 2 N–H and O–H groups in total. The van der Waals surface area contributed by atoms with Crippen molar-refractivity contribution in [1.29, 1.82) is 0 Å². The molecule has 0 spiro atoms. The summed E-state index contributed by atoms with van der Waals surface area (Å²) in [6.07, 6.45) is -2.74. The first-order valence-electron chi connectivity index (χ1n) is 10.7. The van der Waals surface area contributed by atoms with Crippen molar-refractivity contribution in [2.45, 2.75) is 38.1 Å². The van der Waals surface area contributed by atoms with Crippen LogP contribution in [0.25, 0.3) is 11.3 Å². The van der Waals surface area contributed by atoms with E-state index in [1.807, 2.05) is 0 Å². The number of hydrogen-bond acceptors (Lipinski definition) is 6. The normalized spacial score (nSPS) is 14.1. The number of nitrogens with zero attached hydrogens (tertiary/aromatic N) is 5. The summed E-state index contributed by atoms with van der Waals surface area (Å²) >= 11 is 0. The van der Waals surface area contributed by atoms with Crippen molar-refractivity contribution in [2.75, 3.05) is 13.7 Å². The number of imidazole rings is 1. The molecule has 1 aliphatic heterocycles. The topological polar surface area (TPSA) is 99.2 Å². The van der Waals surface area contributed by atoms with Gasteiger partial charge in [-0.25, -0.2) is 28.1 Å². The number of aromatic nitrogens is 4. The number of hydrogen-bond donors (Lipinski definition) is 1. The number of amides is 1. The van der Waals surface area contributed by atoms with Gasteiger partial charge in [0.05, 0.1) is 25.0 Å². The molecule has 1 atom stereocenters. The molecule has 0 aliphatic carbocycles. The summed E-state index contributed by atoms with van der Waals surface area (Å²) in [6.45, 7) is -0.418. The first kappa shape index (κ1) is 28.2. The van der Waals surface area contributed by atoms with Gasteiger partial charge in [0.2, 0.25) is 11.7 Å². The molecule has 15 heteroatoms. The Morgan fingerprint density at radius 2 is 1.76 bits per heavy atom. The number of nitrogens with two attached hydrogens (primary N) is 1. The van der Waals surface area contributed by atoms with Crippen LogP contribution in [0.4, 0.5) is 26.3 Å². The lowest BCUT2D eigenvalue weighted by molar-refractivity contribution is -0.148. The highest BCUT2D eigenvalue weighted by atomic mass is 35.5. The van der Waals surface area contributed by atoms with E-state index in [2.05, 4.69) is 15.0 Å². The number of fused-ring (bicyclic) bond motifs is 1. The molecule has 200 valence electrons. The van der Waals surface area contributed by atoms with E-state index in [4.69, 9.17) is 10.5 Å². The molecule has 0 bridgehead atoms. The molecule has 1 amide bonds. The van der Waals surface area contributed by atoms with Gasteiger partial charge in [0.1, 0.15) is 5.82 Å². The van der Waals surface area contributed by atoms with E-state index in [-0.39, 0.29) is 73.4 Å². The van der Waals surface area contributed by atoms with Crippen LogP contribution in [0.3, 0.4) is 0 Å². The third-order valence-corrected chi connectivity index (χ3v) is 5.71. The maximum atomic E-state index is 13.9. The number of methoxy groups -OCH3 is 1. The highest BCUT2D eigenvalue weighted by molar-refractivity contribution is 5.85. The molecule has 0 saturated heterocycles. The van der Waals surface area contributed by atoms with E-state index in [0.717, 1.165) is 4.57 Å². The van der Waals surface area contributed by atoms with Crippen molar-refractivity contribution in [2.24, 2.45) is 5.73 Å². The van der Waals surface area contributed by atoms with Crippen molar-refractivity contribution in [3.05, 3.63) is 59.1 Å². The van der Waals surface area contributed by atoms with Crippen LogP contribution in [0, 0.1) is 17.5 Å². The minimum Gasteiger partial charge on any atom is -0.467 e. The number of carbonyl (C=O) groups is 1. The molecule has 0 saturated carbocycles. The van der Waals surface area contributed by atoms with E-state index in [1.165, 1.54) is 24.4 Å². The molecule has 3 aromatic rings. The average molecular weight is 551 g/mol. The Balaban J connectivity index is 0.00000380. The van der Waals surface area contributed by atoms with Crippen LogP contribution < -0.4 is 10.5 Å². The lowest BCUT2D eigenvalue weighted by atomic mass is 10.0. The number of carbonyl (C=O) groups excluding carboxylic acids is 1. The second kappa shape index (κ2) is 10.9. The van der Waals surface area contributed by atoms with Crippen molar-refractivity contribution in [3.63, 3.8) is 0 Å². The Morgan fingerprint density at radius 1 is 1.11 bits per heavy atom. The van der Waals surface area contributed by atoms with Crippen LogP contribution >= 0.6 is 12.4 Å². The second-order valence-corrected chi connectivity index (χ2v) is 8.18. The van der Waals surface area contributed by atoms with Crippen LogP contribution in [0.15, 0.2) is 24.5 Å². The number of benzene rings is 1. The lowest BCUT2D eigenvalue weighted by Gasteiger charge is -2.30. The SMILES string of the molecule is COc1ncc(-c2nc(C(F)(F)F)n3c2CN(C(=O)C[C@H](N)Cc2cc(F)c(F)cc2F)CC3)cn1.Cl. The zero-order chi connectivity index (χ0) is 26.2. The summed E-state index contributed by atoms with van der Waals surface area (Å²) in [5.74, 6) is -5.19. The molecule has 37 heavy (non-hydrogen) atoms. The lowest BCUT2D eigenvalue weighted by Crippen LogP contribution is -2.42. The molecule has 1 aromatic carbocycles. The quantitative estimate of drug-likeness (QED) is 0.373. The van der Waals surface area contributed by atoms with Crippen LogP contribution in [-0.4, -0.2) is 50.0 Å². The summed E-state index contributed by atoms with van der Waals surface area (Å²) in [7, 11) is 1.34. The molecule has 2 aromatic heterocycles. The highest BCUT2D eigenvalue weighted by Crippen LogP contribution is 2.35. The van der Waals surface area contributed by atoms with Crippen LogP contribution in [0.2, 0.25) is 0 Å². The largest absolute Gasteiger partial charge is 0.467 e. The van der Waals surface area contributed by atoms with Crippen LogP contribution in [0.1, 0.15) is 23.5 Å². The predicted molar refractivity (Wildman–Crippen MR) is 120 cm³/mol. The minimum atomic E-state index is -4.73. The third kappa shape index (κ3) is 5.96. The first-order chi connectivity index (χ1) is 17.0. The molecular weight excluding hydrogens is 530 g/mol. The van der Waals surface area contributed by atoms with Gasteiger partial charge in [-0.05, 0) is 18.1 Å². The second-order valence-electron chi connectivity index (χ2n) is 8.18. The molecule has 1 aliphatic rings. The van der Waals surface area contributed by atoms with Gasteiger partial charge in [-0.2, -0.15) is 13.2 Å². The average Bonchev–Trinajstić information content (AvgIpc) is 3.22. The number of ether oxygens (including phenoxy) is 1. The molecule has 8 nitrogen and oxygen atoms in total. The van der Waals surface area contributed by atoms with Crippen molar-refractivity contribution < 1.29 is 35.9 Å². The van der Waals surface area contributed by atoms with Crippen LogP contribution in [0.5, 0.6) is 6.01 Å². The molecule has 3 heterocycles. The minimum absolute atomic E-state index is 0. The summed E-state index contributed by atoms with van der Waals surface area (Å²) in [4.78, 5) is 25.8. The van der Waals surface area contributed by atoms with Crippen LogP contribution in [-0.2, 0) is 30.5 Å². The zero-order valence-electron chi connectivity index (χ0n) is 19.2. The Kier molecular flexibility index (Phi) is 8.32. The van der Waals surface area contributed by atoms with Gasteiger partial charge in [0.25, 0.3) is 0 Å². The number of halogens is 7. The Labute approximate surface area is 212 Å².